The van der Waals surface area contributed by atoms with Gasteiger partial charge in [0.1, 0.15) is 11.1 Å². The molecule has 2 aromatic rings. The Labute approximate surface area is 106 Å². The Balaban J connectivity index is 2.59. The number of carboxylic acids is 1. The first-order valence-electron chi connectivity index (χ1n) is 4.56. The highest BCUT2D eigenvalue weighted by Gasteiger charge is 2.15. The van der Waals surface area contributed by atoms with Crippen LogP contribution in [0, 0.1) is 0 Å². The van der Waals surface area contributed by atoms with Crippen molar-refractivity contribution in [3.63, 3.8) is 0 Å². The molecule has 9 heteroatoms. The average Bonchev–Trinajstić information content (AvgIpc) is 2.54. The van der Waals surface area contributed by atoms with Crippen LogP contribution in [0.1, 0.15) is 15.2 Å². The van der Waals surface area contributed by atoms with Gasteiger partial charge in [-0.25, -0.2) is 18.0 Å². The molecule has 92 valence electrons. The Morgan fingerprint density at radius 2 is 2.11 bits per heavy atom. The lowest BCUT2D eigenvalue weighted by Gasteiger charge is -1.91. The first-order valence-corrected chi connectivity index (χ1v) is 7.10. The Morgan fingerprint density at radius 1 is 1.44 bits per heavy atom. The van der Waals surface area contributed by atoms with Crippen LogP contribution in [-0.2, 0) is 15.4 Å². The molecule has 0 atom stereocenters. The quantitative estimate of drug-likeness (QED) is 0.826. The fourth-order valence-electron chi connectivity index (χ4n) is 1.38. The van der Waals surface area contributed by atoms with E-state index >= 15 is 0 Å². The zero-order chi connectivity index (χ0) is 13.5. The second kappa shape index (κ2) is 4.25. The number of hydrogen-bond donors (Lipinski definition) is 1. The van der Waals surface area contributed by atoms with Crippen LogP contribution < -0.4 is 5.63 Å². The van der Waals surface area contributed by atoms with Gasteiger partial charge in [-0.15, -0.1) is 11.3 Å². The van der Waals surface area contributed by atoms with E-state index in [1.165, 1.54) is 6.07 Å². The summed E-state index contributed by atoms with van der Waals surface area (Å²) < 4.78 is 27.0. The Bertz CT molecular complexity index is 785. The maximum Gasteiger partial charge on any atom is 0.351 e. The molecule has 2 rings (SSSR count). The highest BCUT2D eigenvalue weighted by atomic mass is 32.2. The van der Waals surface area contributed by atoms with Gasteiger partial charge < -0.3 is 9.52 Å². The number of aromatic carboxylic acids is 1. The summed E-state index contributed by atoms with van der Waals surface area (Å²) in [4.78, 5) is 22.4. The average molecular weight is 284 g/mol. The predicted octanol–water partition coefficient (Wildman–Crippen LogP) is 0.551. The zero-order valence-electron chi connectivity index (χ0n) is 8.74. The van der Waals surface area contributed by atoms with Crippen LogP contribution in [0.25, 0.3) is 10.3 Å². The smallest absolute Gasteiger partial charge is 0.351 e. The molecule has 0 aliphatic carbocycles. The zero-order valence-corrected chi connectivity index (χ0v) is 10.4. The van der Waals surface area contributed by atoms with Crippen LogP contribution in [0.2, 0.25) is 0 Å². The maximum absolute atomic E-state index is 11.3. The van der Waals surface area contributed by atoms with Gasteiger partial charge in [0, 0.05) is 4.88 Å². The molecule has 0 spiro atoms. The summed E-state index contributed by atoms with van der Waals surface area (Å²) in [6.45, 7) is 0. The molecule has 0 saturated carbocycles. The van der Waals surface area contributed by atoms with E-state index in [4.69, 9.17) is 16.6 Å². The molecule has 0 amide bonds. The topological polar surface area (TPSA) is 102 Å². The van der Waals surface area contributed by atoms with Crippen molar-refractivity contribution in [3.8, 4) is 0 Å². The van der Waals surface area contributed by atoms with Gasteiger partial charge in [-0.2, -0.15) is 0 Å². The Kier molecular flexibility index (Phi) is 3.03. The van der Waals surface area contributed by atoms with Gasteiger partial charge in [0.15, 0.2) is 0 Å². The summed E-state index contributed by atoms with van der Waals surface area (Å²) >= 11 is 1.01. The van der Waals surface area contributed by atoms with E-state index in [1.807, 2.05) is 0 Å². The van der Waals surface area contributed by atoms with E-state index in [2.05, 4.69) is 0 Å². The predicted molar refractivity (Wildman–Crippen MR) is 65.7 cm³/mol. The number of hydrogen-bond acceptors (Lipinski definition) is 6. The van der Waals surface area contributed by atoms with Gasteiger partial charge in [0.25, 0.3) is 7.12 Å². The molecule has 1 N–H and O–H groups in total. The van der Waals surface area contributed by atoms with Crippen molar-refractivity contribution in [1.82, 2.24) is 0 Å². The summed E-state index contributed by atoms with van der Waals surface area (Å²) in [5, 5.41) is 8.75. The first-order chi connectivity index (χ1) is 8.26. The second-order valence-corrected chi connectivity index (χ2v) is 6.28. The number of carboxylic acid groups (broad SMARTS) is 1. The fraction of sp³-hybridized carbons (Fsp3) is 0.111. The molecule has 2 radical (unpaired) electrons. The molecule has 0 aliphatic rings. The minimum absolute atomic E-state index is 0.147. The third kappa shape index (κ3) is 2.62. The molecular formula is C9H5BO6S2. The summed E-state index contributed by atoms with van der Waals surface area (Å²) in [5.74, 6) is -1.79. The highest BCUT2D eigenvalue weighted by molar-refractivity contribution is 8.11. The van der Waals surface area contributed by atoms with Crippen molar-refractivity contribution < 1.29 is 22.7 Å². The molecule has 0 saturated heterocycles. The van der Waals surface area contributed by atoms with Crippen molar-refractivity contribution in [2.75, 3.05) is 0 Å². The van der Waals surface area contributed by atoms with Crippen LogP contribution in [0.15, 0.2) is 21.3 Å². The van der Waals surface area contributed by atoms with E-state index in [0.717, 1.165) is 17.4 Å². The maximum atomic E-state index is 11.3. The monoisotopic (exact) mass is 284 g/mol. The number of carbonyl (C=O) groups is 1. The number of rotatable bonds is 3. The fourth-order valence-corrected chi connectivity index (χ4v) is 3.42. The first kappa shape index (κ1) is 12.8. The molecule has 0 aliphatic heterocycles. The molecule has 2 aromatic heterocycles. The van der Waals surface area contributed by atoms with E-state index in [1.54, 1.807) is 0 Å². The lowest BCUT2D eigenvalue weighted by Crippen LogP contribution is -2.12. The summed E-state index contributed by atoms with van der Waals surface area (Å²) in [7, 11) is 1.20. The van der Waals surface area contributed by atoms with E-state index in [0.29, 0.717) is 9.58 Å². The van der Waals surface area contributed by atoms with Crippen LogP contribution in [0.3, 0.4) is 0 Å². The van der Waals surface area contributed by atoms with E-state index in [-0.39, 0.29) is 5.58 Å². The van der Waals surface area contributed by atoms with E-state index in [9.17, 15) is 18.0 Å². The third-order valence-electron chi connectivity index (χ3n) is 2.05. The van der Waals surface area contributed by atoms with Crippen LogP contribution in [0.4, 0.5) is 0 Å². The second-order valence-electron chi connectivity index (χ2n) is 3.50. The van der Waals surface area contributed by atoms with Gasteiger partial charge >= 0.3 is 11.6 Å². The van der Waals surface area contributed by atoms with E-state index < -0.39 is 32.6 Å². The molecule has 6 nitrogen and oxygen atoms in total. The Morgan fingerprint density at radius 3 is 2.67 bits per heavy atom. The van der Waals surface area contributed by atoms with Crippen molar-refractivity contribution in [1.29, 1.82) is 0 Å². The summed E-state index contributed by atoms with van der Waals surface area (Å²) in [5.41, 5.74) is -1.32. The van der Waals surface area contributed by atoms with Crippen LogP contribution in [-0.4, -0.2) is 26.6 Å². The van der Waals surface area contributed by atoms with Crippen molar-refractivity contribution in [2.24, 2.45) is 0 Å². The molecular weight excluding hydrogens is 279 g/mol. The number of fused-ring (bicyclic) bond motifs is 1. The molecule has 0 unspecified atom stereocenters. The van der Waals surface area contributed by atoms with Crippen molar-refractivity contribution in [3.05, 3.63) is 33.0 Å². The molecule has 0 aromatic carbocycles. The van der Waals surface area contributed by atoms with Gasteiger partial charge in [0.2, 0.25) is 0 Å². The molecule has 18 heavy (non-hydrogen) atoms. The standard InChI is InChI=1S/C9H5BO6S2/c10-18(14,15)3-4-1-6-7(17-4)2-5(8(11)12)9(13)16-6/h1-2H,3H2,(H,11,12). The summed E-state index contributed by atoms with van der Waals surface area (Å²) in [6.07, 6.45) is 0. The molecule has 2 heterocycles. The SMILES string of the molecule is [B]S(=O)(=O)Cc1cc2oc(=O)c(C(=O)O)cc2s1. The lowest BCUT2D eigenvalue weighted by molar-refractivity contribution is 0.0692. The van der Waals surface area contributed by atoms with Crippen molar-refractivity contribution in [2.45, 2.75) is 5.75 Å². The minimum Gasteiger partial charge on any atom is -0.477 e. The van der Waals surface area contributed by atoms with Gasteiger partial charge in [0.05, 0.1) is 20.1 Å². The molecule has 0 fully saturated rings. The van der Waals surface area contributed by atoms with Gasteiger partial charge in [-0.3, -0.25) is 0 Å². The van der Waals surface area contributed by atoms with Gasteiger partial charge in [-0.1, -0.05) is 0 Å². The Hall–Kier alpha value is -1.61. The molecule has 0 bridgehead atoms. The lowest BCUT2D eigenvalue weighted by atomic mass is 10.3. The van der Waals surface area contributed by atoms with Crippen LogP contribution >= 0.6 is 11.3 Å². The highest BCUT2D eigenvalue weighted by Crippen LogP contribution is 2.26. The minimum atomic E-state index is -3.69. The van der Waals surface area contributed by atoms with Crippen molar-refractivity contribution >= 4 is 44.4 Å². The van der Waals surface area contributed by atoms with Crippen LogP contribution in [0.5, 0.6) is 0 Å². The summed E-state index contributed by atoms with van der Waals surface area (Å²) in [6, 6.07) is 2.51. The third-order valence-corrected chi connectivity index (χ3v) is 4.01. The van der Waals surface area contributed by atoms with Gasteiger partial charge in [-0.05, 0) is 12.1 Å². The normalized spacial score (nSPS) is 11.8. The number of thiophene rings is 1. The largest absolute Gasteiger partial charge is 0.477 e.